The van der Waals surface area contributed by atoms with E-state index in [9.17, 15) is 18.3 Å². The van der Waals surface area contributed by atoms with Crippen molar-refractivity contribution < 1.29 is 23.2 Å². The number of piperidine rings is 1. The zero-order chi connectivity index (χ0) is 26.7. The van der Waals surface area contributed by atoms with Gasteiger partial charge in [-0.15, -0.1) is 0 Å². The monoisotopic (exact) mass is 533 g/mol. The number of rotatable bonds is 6. The van der Waals surface area contributed by atoms with Crippen LogP contribution in [0.4, 0.5) is 0 Å². The zero-order valence-corrected chi connectivity index (χ0v) is 22.0. The number of amides is 1. The molecular formula is C29H31N3O5S. The molecule has 3 aromatic carbocycles. The molecule has 3 aromatic rings. The fourth-order valence-corrected chi connectivity index (χ4v) is 6.88. The topological polar surface area (TPSA) is 99.5 Å². The Morgan fingerprint density at radius 3 is 2.18 bits per heavy atom. The molecule has 198 valence electrons. The maximum absolute atomic E-state index is 13.7. The lowest BCUT2D eigenvalue weighted by atomic mass is 9.89. The smallest absolute Gasteiger partial charge is 0.244 e. The third kappa shape index (κ3) is 5.30. The molecule has 0 aliphatic carbocycles. The van der Waals surface area contributed by atoms with Crippen molar-refractivity contribution in [3.05, 3.63) is 84.4 Å². The van der Waals surface area contributed by atoms with Crippen molar-refractivity contribution in [3.8, 4) is 16.9 Å². The number of carbonyl (C=O) groups is 1. The molecule has 2 saturated heterocycles. The lowest BCUT2D eigenvalue weighted by Crippen LogP contribution is -2.49. The summed E-state index contributed by atoms with van der Waals surface area (Å²) in [4.78, 5) is 20.5. The number of sulfonamides is 1. The van der Waals surface area contributed by atoms with E-state index in [0.29, 0.717) is 18.8 Å². The summed E-state index contributed by atoms with van der Waals surface area (Å²) in [6.45, 7) is 1.09. The van der Waals surface area contributed by atoms with Crippen LogP contribution in [0.25, 0.3) is 11.1 Å². The maximum Gasteiger partial charge on any atom is 0.244 e. The van der Waals surface area contributed by atoms with Crippen LogP contribution in [-0.2, 0) is 19.7 Å². The van der Waals surface area contributed by atoms with Gasteiger partial charge in [0.2, 0.25) is 15.9 Å². The third-order valence-corrected chi connectivity index (χ3v) is 9.23. The van der Waals surface area contributed by atoms with Gasteiger partial charge in [0, 0.05) is 19.5 Å². The fourth-order valence-electron chi connectivity index (χ4n) is 5.31. The van der Waals surface area contributed by atoms with Gasteiger partial charge in [-0.05, 0) is 59.7 Å². The predicted octanol–water partition coefficient (Wildman–Crippen LogP) is 4.23. The minimum atomic E-state index is -3.95. The largest absolute Gasteiger partial charge is 0.508 e. The summed E-state index contributed by atoms with van der Waals surface area (Å²) in [7, 11) is -2.54. The zero-order valence-electron chi connectivity index (χ0n) is 21.2. The second-order valence-corrected chi connectivity index (χ2v) is 11.6. The first-order chi connectivity index (χ1) is 18.4. The molecular weight excluding hydrogens is 502 g/mol. The van der Waals surface area contributed by atoms with Gasteiger partial charge in [0.05, 0.1) is 17.2 Å². The number of phenolic OH excluding ortho intramolecular Hbond substituents is 1. The van der Waals surface area contributed by atoms with Crippen LogP contribution in [0.2, 0.25) is 0 Å². The van der Waals surface area contributed by atoms with E-state index in [-0.39, 0.29) is 35.4 Å². The van der Waals surface area contributed by atoms with Crippen molar-refractivity contribution >= 4 is 21.6 Å². The Labute approximate surface area is 223 Å². The molecule has 9 heteroatoms. The Morgan fingerprint density at radius 1 is 0.921 bits per heavy atom. The normalized spacial score (nSPS) is 20.1. The number of phenols is 1. The van der Waals surface area contributed by atoms with E-state index in [0.717, 1.165) is 29.5 Å². The molecule has 2 aliphatic rings. The molecule has 1 N–H and O–H groups in total. The Balaban J connectivity index is 1.34. The van der Waals surface area contributed by atoms with Gasteiger partial charge >= 0.3 is 0 Å². The molecule has 2 aliphatic heterocycles. The van der Waals surface area contributed by atoms with Crippen LogP contribution in [0.3, 0.4) is 0 Å². The molecule has 0 radical (unpaired) electrons. The van der Waals surface area contributed by atoms with E-state index >= 15 is 0 Å². The highest BCUT2D eigenvalue weighted by Gasteiger charge is 2.44. The minimum absolute atomic E-state index is 0.0109. The van der Waals surface area contributed by atoms with E-state index in [4.69, 9.17) is 4.84 Å². The average molecular weight is 534 g/mol. The fraction of sp³-hybridized carbons (Fsp3) is 0.310. The molecule has 5 rings (SSSR count). The SMILES string of the molecule is CON=C1C[C@@H](C(=O)N2CCC(c3ccc(O)cc3)CC2)N(S(=O)(=O)c2ccc(-c3ccccc3)cc2)C1. The number of aromatic hydroxyl groups is 1. The van der Waals surface area contributed by atoms with Crippen molar-refractivity contribution in [2.24, 2.45) is 5.16 Å². The molecule has 2 fully saturated rings. The Morgan fingerprint density at radius 2 is 1.55 bits per heavy atom. The molecule has 1 amide bonds. The average Bonchev–Trinajstić information content (AvgIpc) is 3.39. The molecule has 0 aromatic heterocycles. The summed E-state index contributed by atoms with van der Waals surface area (Å²) < 4.78 is 28.7. The number of nitrogens with zero attached hydrogens (tertiary/aromatic N) is 3. The van der Waals surface area contributed by atoms with Crippen LogP contribution in [0.5, 0.6) is 5.75 Å². The molecule has 38 heavy (non-hydrogen) atoms. The van der Waals surface area contributed by atoms with Gasteiger partial charge in [-0.2, -0.15) is 4.31 Å². The molecule has 0 spiro atoms. The number of benzene rings is 3. The summed E-state index contributed by atoms with van der Waals surface area (Å²) in [5.41, 5.74) is 3.57. The van der Waals surface area contributed by atoms with Crippen LogP contribution < -0.4 is 0 Å². The quantitative estimate of drug-likeness (QED) is 0.478. The van der Waals surface area contributed by atoms with E-state index in [1.807, 2.05) is 42.5 Å². The number of carbonyl (C=O) groups excluding carboxylic acids is 1. The number of likely N-dealkylation sites (tertiary alicyclic amines) is 1. The van der Waals surface area contributed by atoms with Crippen molar-refractivity contribution in [2.75, 3.05) is 26.7 Å². The second kappa shape index (κ2) is 11.0. The first kappa shape index (κ1) is 25.9. The summed E-state index contributed by atoms with van der Waals surface area (Å²) in [6, 6.07) is 22.8. The molecule has 1 atom stereocenters. The van der Waals surface area contributed by atoms with E-state index in [1.54, 1.807) is 41.3 Å². The van der Waals surface area contributed by atoms with Gasteiger partial charge in [0.25, 0.3) is 0 Å². The summed E-state index contributed by atoms with van der Waals surface area (Å²) in [6.07, 6.45) is 1.75. The van der Waals surface area contributed by atoms with Crippen molar-refractivity contribution in [3.63, 3.8) is 0 Å². The highest BCUT2D eigenvalue weighted by atomic mass is 32.2. The molecule has 2 heterocycles. The Bertz CT molecular complexity index is 1400. The van der Waals surface area contributed by atoms with Crippen LogP contribution >= 0.6 is 0 Å². The van der Waals surface area contributed by atoms with Gasteiger partial charge in [-0.25, -0.2) is 8.42 Å². The van der Waals surface area contributed by atoms with Crippen LogP contribution in [0, 0.1) is 0 Å². The second-order valence-electron chi connectivity index (χ2n) is 9.69. The lowest BCUT2D eigenvalue weighted by Gasteiger charge is -2.35. The Kier molecular flexibility index (Phi) is 7.49. The van der Waals surface area contributed by atoms with Crippen LogP contribution in [0.1, 0.15) is 30.7 Å². The molecule has 8 nitrogen and oxygen atoms in total. The highest BCUT2D eigenvalue weighted by Crippen LogP contribution is 2.32. The van der Waals surface area contributed by atoms with Crippen LogP contribution in [0.15, 0.2) is 88.9 Å². The lowest BCUT2D eigenvalue weighted by molar-refractivity contribution is -0.135. The molecule has 0 bridgehead atoms. The van der Waals surface area contributed by atoms with E-state index in [1.165, 1.54) is 11.4 Å². The predicted molar refractivity (Wildman–Crippen MR) is 145 cm³/mol. The number of oxime groups is 1. The summed E-state index contributed by atoms with van der Waals surface area (Å²) in [5.74, 6) is 0.309. The van der Waals surface area contributed by atoms with Crippen LogP contribution in [-0.4, -0.2) is 67.1 Å². The van der Waals surface area contributed by atoms with E-state index in [2.05, 4.69) is 5.16 Å². The molecule has 0 saturated carbocycles. The number of hydrogen-bond acceptors (Lipinski definition) is 6. The van der Waals surface area contributed by atoms with Crippen molar-refractivity contribution in [2.45, 2.75) is 36.1 Å². The first-order valence-corrected chi connectivity index (χ1v) is 14.1. The summed E-state index contributed by atoms with van der Waals surface area (Å²) in [5, 5.41) is 13.6. The maximum atomic E-state index is 13.7. The van der Waals surface area contributed by atoms with Gasteiger partial charge in [-0.1, -0.05) is 59.8 Å². The Hall–Kier alpha value is -3.69. The van der Waals surface area contributed by atoms with Crippen molar-refractivity contribution in [1.29, 1.82) is 0 Å². The summed E-state index contributed by atoms with van der Waals surface area (Å²) >= 11 is 0. The number of hydrogen-bond donors (Lipinski definition) is 1. The van der Waals surface area contributed by atoms with Gasteiger partial charge in [-0.3, -0.25) is 4.79 Å². The third-order valence-electron chi connectivity index (χ3n) is 7.36. The standard InChI is InChI=1S/C29H31N3O5S/c1-37-30-25-19-28(29(34)31-17-15-24(16-18-31)22-7-11-26(33)12-8-22)32(20-25)38(35,36)27-13-9-23(10-14-27)21-5-3-2-4-6-21/h2-14,24,28,33H,15-20H2,1H3/t28-/m0/s1. The van der Waals surface area contributed by atoms with Gasteiger partial charge in [0.1, 0.15) is 18.9 Å². The first-order valence-electron chi connectivity index (χ1n) is 12.7. The van der Waals surface area contributed by atoms with E-state index < -0.39 is 16.1 Å². The molecule has 0 unspecified atom stereocenters. The highest BCUT2D eigenvalue weighted by molar-refractivity contribution is 7.89. The van der Waals surface area contributed by atoms with Gasteiger partial charge in [0.15, 0.2) is 0 Å². The van der Waals surface area contributed by atoms with Gasteiger partial charge < -0.3 is 14.8 Å². The minimum Gasteiger partial charge on any atom is -0.508 e. The van der Waals surface area contributed by atoms with Crippen molar-refractivity contribution in [1.82, 2.24) is 9.21 Å².